The summed E-state index contributed by atoms with van der Waals surface area (Å²) in [6, 6.07) is 1.53. The molecule has 1 aromatic heterocycles. The van der Waals surface area contributed by atoms with E-state index in [1.54, 1.807) is 6.92 Å². The van der Waals surface area contributed by atoms with Crippen LogP contribution < -0.4 is 11.5 Å². The fourth-order valence-electron chi connectivity index (χ4n) is 0.793. The highest BCUT2D eigenvalue weighted by atomic mass is 32.1. The maximum Gasteiger partial charge on any atom is 0.341 e. The Kier molecular flexibility index (Phi) is 2.54. The molecular weight excluding hydrogens is 176 g/mol. The molecule has 0 spiro atoms. The first-order chi connectivity index (χ1) is 5.65. The number of hydrogen-bond acceptors (Lipinski definition) is 5. The van der Waals surface area contributed by atoms with Gasteiger partial charge in [0.05, 0.1) is 17.2 Å². The fraction of sp³-hybridized carbons (Fsp3) is 0.286. The van der Waals surface area contributed by atoms with Crippen molar-refractivity contribution >= 4 is 27.3 Å². The Morgan fingerprint density at radius 3 is 2.75 bits per heavy atom. The number of nitrogens with two attached hydrogens (primary N) is 2. The summed E-state index contributed by atoms with van der Waals surface area (Å²) < 4.78 is 4.75. The van der Waals surface area contributed by atoms with Crippen LogP contribution in [0.3, 0.4) is 0 Å². The van der Waals surface area contributed by atoms with E-state index >= 15 is 0 Å². The quantitative estimate of drug-likeness (QED) is 0.678. The summed E-state index contributed by atoms with van der Waals surface area (Å²) in [6.45, 7) is 2.08. The van der Waals surface area contributed by atoms with Crippen molar-refractivity contribution in [3.63, 3.8) is 0 Å². The summed E-state index contributed by atoms with van der Waals surface area (Å²) in [5.41, 5.74) is 11.3. The highest BCUT2D eigenvalue weighted by molar-refractivity contribution is 7.20. The average molecular weight is 186 g/mol. The van der Waals surface area contributed by atoms with Gasteiger partial charge in [-0.05, 0) is 13.0 Å². The van der Waals surface area contributed by atoms with Gasteiger partial charge in [-0.15, -0.1) is 11.3 Å². The number of hydrogen-bond donors (Lipinski definition) is 2. The number of carbonyl (C=O) groups excluding carboxylic acids is 1. The molecule has 0 atom stereocenters. The summed E-state index contributed by atoms with van der Waals surface area (Å²) in [4.78, 5) is 11.1. The van der Waals surface area contributed by atoms with Gasteiger partial charge in [0.2, 0.25) is 0 Å². The second kappa shape index (κ2) is 3.44. The van der Waals surface area contributed by atoms with Gasteiger partial charge in [-0.2, -0.15) is 0 Å². The maximum absolute atomic E-state index is 11.1. The summed E-state index contributed by atoms with van der Waals surface area (Å²) in [5.74, 6) is -0.414. The third-order valence-corrected chi connectivity index (χ3v) is 2.07. The Labute approximate surface area is 74.1 Å². The number of nitrogen functional groups attached to an aromatic ring is 2. The molecule has 0 aliphatic heterocycles. The van der Waals surface area contributed by atoms with Crippen LogP contribution in [-0.4, -0.2) is 12.6 Å². The number of thiophene rings is 1. The predicted molar refractivity (Wildman–Crippen MR) is 49.1 cm³/mol. The van der Waals surface area contributed by atoms with Gasteiger partial charge in [-0.25, -0.2) is 4.79 Å². The lowest BCUT2D eigenvalue weighted by molar-refractivity contribution is 0.0528. The zero-order valence-corrected chi connectivity index (χ0v) is 7.48. The van der Waals surface area contributed by atoms with Gasteiger partial charge in [0.1, 0.15) is 5.00 Å². The molecule has 0 fully saturated rings. The summed E-state index contributed by atoms with van der Waals surface area (Å²) in [7, 11) is 0. The maximum atomic E-state index is 11.1. The summed E-state index contributed by atoms with van der Waals surface area (Å²) in [5, 5.41) is 0.932. The summed E-state index contributed by atoms with van der Waals surface area (Å²) in [6.07, 6.45) is 0. The van der Waals surface area contributed by atoms with E-state index in [0.29, 0.717) is 22.2 Å². The van der Waals surface area contributed by atoms with Gasteiger partial charge in [-0.1, -0.05) is 0 Å². The van der Waals surface area contributed by atoms with E-state index in [4.69, 9.17) is 16.2 Å². The van der Waals surface area contributed by atoms with Crippen molar-refractivity contribution in [1.82, 2.24) is 0 Å². The normalized spacial score (nSPS) is 9.75. The van der Waals surface area contributed by atoms with Gasteiger partial charge in [0.15, 0.2) is 0 Å². The van der Waals surface area contributed by atoms with E-state index in [1.165, 1.54) is 17.4 Å². The lowest BCUT2D eigenvalue weighted by Gasteiger charge is -1.98. The SMILES string of the molecule is CCOC(=O)c1cc(N)sc1N. The first-order valence-electron chi connectivity index (χ1n) is 3.47. The smallest absolute Gasteiger partial charge is 0.341 e. The number of esters is 1. The van der Waals surface area contributed by atoms with Crippen LogP contribution in [0.1, 0.15) is 17.3 Å². The Morgan fingerprint density at radius 1 is 1.67 bits per heavy atom. The Balaban J connectivity index is 2.87. The fourth-order valence-corrected chi connectivity index (χ4v) is 1.48. The molecule has 1 rings (SSSR count). The van der Waals surface area contributed by atoms with Crippen molar-refractivity contribution in [3.05, 3.63) is 11.6 Å². The van der Waals surface area contributed by atoms with Crippen molar-refractivity contribution in [2.75, 3.05) is 18.1 Å². The third-order valence-electron chi connectivity index (χ3n) is 1.28. The highest BCUT2D eigenvalue weighted by Gasteiger charge is 2.13. The molecule has 0 amide bonds. The Bertz CT molecular complexity index is 296. The second-order valence-electron chi connectivity index (χ2n) is 2.15. The van der Waals surface area contributed by atoms with E-state index < -0.39 is 5.97 Å². The topological polar surface area (TPSA) is 78.3 Å². The molecule has 0 saturated carbocycles. The molecule has 0 bridgehead atoms. The molecule has 0 aliphatic carbocycles. The monoisotopic (exact) mass is 186 g/mol. The van der Waals surface area contributed by atoms with Crippen molar-refractivity contribution in [3.8, 4) is 0 Å². The molecular formula is C7H10N2O2S. The Morgan fingerprint density at radius 2 is 2.33 bits per heavy atom. The minimum absolute atomic E-state index is 0.341. The highest BCUT2D eigenvalue weighted by Crippen LogP contribution is 2.27. The molecule has 4 nitrogen and oxygen atoms in total. The van der Waals surface area contributed by atoms with E-state index in [0.717, 1.165) is 0 Å². The number of carbonyl (C=O) groups is 1. The van der Waals surface area contributed by atoms with Crippen LogP contribution in [0.2, 0.25) is 0 Å². The largest absolute Gasteiger partial charge is 0.462 e. The molecule has 0 aromatic carbocycles. The number of ether oxygens (including phenoxy) is 1. The lowest BCUT2D eigenvalue weighted by atomic mass is 10.3. The predicted octanol–water partition coefficient (Wildman–Crippen LogP) is 1.09. The van der Waals surface area contributed by atoms with Crippen molar-refractivity contribution in [1.29, 1.82) is 0 Å². The average Bonchev–Trinajstić information content (AvgIpc) is 2.30. The molecule has 0 radical (unpaired) electrons. The van der Waals surface area contributed by atoms with Crippen LogP contribution in [0.25, 0.3) is 0 Å². The minimum Gasteiger partial charge on any atom is -0.462 e. The molecule has 12 heavy (non-hydrogen) atoms. The first kappa shape index (κ1) is 8.86. The molecule has 4 N–H and O–H groups in total. The van der Waals surface area contributed by atoms with Gasteiger partial charge >= 0.3 is 5.97 Å². The number of anilines is 2. The molecule has 1 heterocycles. The first-order valence-corrected chi connectivity index (χ1v) is 4.28. The summed E-state index contributed by atoms with van der Waals surface area (Å²) >= 11 is 1.18. The van der Waals surface area contributed by atoms with Gasteiger partial charge in [-0.3, -0.25) is 0 Å². The minimum atomic E-state index is -0.414. The number of rotatable bonds is 2. The molecule has 0 aliphatic rings. The van der Waals surface area contributed by atoms with Gasteiger partial charge in [0, 0.05) is 0 Å². The van der Waals surface area contributed by atoms with Crippen molar-refractivity contribution in [2.45, 2.75) is 6.92 Å². The Hall–Kier alpha value is -1.23. The van der Waals surface area contributed by atoms with Crippen LogP contribution in [0.5, 0.6) is 0 Å². The molecule has 66 valence electrons. The lowest BCUT2D eigenvalue weighted by Crippen LogP contribution is -2.05. The van der Waals surface area contributed by atoms with E-state index in [-0.39, 0.29) is 0 Å². The standard InChI is InChI=1S/C7H10N2O2S/c1-2-11-7(10)4-3-5(8)12-6(4)9/h3H,2,8-9H2,1H3. The van der Waals surface area contributed by atoms with Crippen LogP contribution >= 0.6 is 11.3 Å². The van der Waals surface area contributed by atoms with Crippen molar-refractivity contribution in [2.24, 2.45) is 0 Å². The van der Waals surface area contributed by atoms with Crippen LogP contribution in [0.4, 0.5) is 10.0 Å². The van der Waals surface area contributed by atoms with Gasteiger partial charge in [0.25, 0.3) is 0 Å². The van der Waals surface area contributed by atoms with Crippen molar-refractivity contribution < 1.29 is 9.53 Å². The molecule has 1 aromatic rings. The van der Waals surface area contributed by atoms with E-state index in [2.05, 4.69) is 0 Å². The van der Waals surface area contributed by atoms with Crippen LogP contribution in [0.15, 0.2) is 6.07 Å². The van der Waals surface area contributed by atoms with Crippen LogP contribution in [0, 0.1) is 0 Å². The molecule has 5 heteroatoms. The van der Waals surface area contributed by atoms with Crippen LogP contribution in [-0.2, 0) is 4.74 Å². The zero-order valence-electron chi connectivity index (χ0n) is 6.66. The second-order valence-corrected chi connectivity index (χ2v) is 3.26. The third kappa shape index (κ3) is 1.68. The van der Waals surface area contributed by atoms with E-state index in [1.807, 2.05) is 0 Å². The molecule has 0 unspecified atom stereocenters. The zero-order chi connectivity index (χ0) is 9.14. The molecule has 0 saturated heterocycles. The van der Waals surface area contributed by atoms with E-state index in [9.17, 15) is 4.79 Å². The van der Waals surface area contributed by atoms with Gasteiger partial charge < -0.3 is 16.2 Å².